The summed E-state index contributed by atoms with van der Waals surface area (Å²) in [6, 6.07) is 2.95. The maximum absolute atomic E-state index is 12.5. The van der Waals surface area contributed by atoms with Crippen LogP contribution in [0, 0.1) is 0 Å². The number of unbranched alkanes of at least 4 members (excludes halogenated alkanes) is 1. The van der Waals surface area contributed by atoms with E-state index in [2.05, 4.69) is 22.0 Å². The molecule has 1 aliphatic heterocycles. The van der Waals surface area contributed by atoms with E-state index < -0.39 is 6.61 Å². The van der Waals surface area contributed by atoms with E-state index in [0.717, 1.165) is 12.8 Å². The van der Waals surface area contributed by atoms with Crippen LogP contribution in [0.1, 0.15) is 25.3 Å². The number of guanidine groups is 1. The molecule has 0 saturated carbocycles. The standard InChI is InChI=1S/C14H19F2N3O3.HI/c1-2-3-4-18-14(17)19-7-9-5-11-12(21-8-20-11)6-10(9)22-13(15)16;/h5-6,13H,2-4,7-8H2,1H3,(H3,17,18,19);1H. The van der Waals surface area contributed by atoms with E-state index >= 15 is 0 Å². The molecule has 9 heteroatoms. The van der Waals surface area contributed by atoms with Crippen molar-refractivity contribution in [3.63, 3.8) is 0 Å². The van der Waals surface area contributed by atoms with E-state index in [9.17, 15) is 8.78 Å². The zero-order valence-electron chi connectivity index (χ0n) is 12.7. The lowest BCUT2D eigenvalue weighted by molar-refractivity contribution is -0.0504. The van der Waals surface area contributed by atoms with E-state index in [1.54, 1.807) is 6.07 Å². The van der Waals surface area contributed by atoms with Gasteiger partial charge < -0.3 is 25.3 Å². The van der Waals surface area contributed by atoms with E-state index in [1.165, 1.54) is 6.07 Å². The quantitative estimate of drug-likeness (QED) is 0.293. The number of halogens is 3. The van der Waals surface area contributed by atoms with Crippen LogP contribution in [0.2, 0.25) is 0 Å². The van der Waals surface area contributed by atoms with Crippen LogP contribution in [0.25, 0.3) is 0 Å². The molecule has 1 heterocycles. The first-order chi connectivity index (χ1) is 10.6. The summed E-state index contributed by atoms with van der Waals surface area (Å²) < 4.78 is 39.9. The molecule has 3 N–H and O–H groups in total. The molecule has 0 spiro atoms. The van der Waals surface area contributed by atoms with Gasteiger partial charge in [-0.3, -0.25) is 0 Å². The Hall–Kier alpha value is -1.52. The molecule has 0 amide bonds. The Morgan fingerprint density at radius 1 is 1.39 bits per heavy atom. The zero-order valence-corrected chi connectivity index (χ0v) is 15.0. The number of aliphatic imine (C=N–C) groups is 1. The zero-order chi connectivity index (χ0) is 15.9. The summed E-state index contributed by atoms with van der Waals surface area (Å²) in [5.41, 5.74) is 6.17. The van der Waals surface area contributed by atoms with Gasteiger partial charge in [-0.15, -0.1) is 24.0 Å². The second-order valence-electron chi connectivity index (χ2n) is 4.67. The summed E-state index contributed by atoms with van der Waals surface area (Å²) in [6.07, 6.45) is 2.01. The van der Waals surface area contributed by atoms with Gasteiger partial charge in [-0.05, 0) is 12.5 Å². The highest BCUT2D eigenvalue weighted by Crippen LogP contribution is 2.38. The Morgan fingerprint density at radius 2 is 2.09 bits per heavy atom. The Morgan fingerprint density at radius 3 is 2.74 bits per heavy atom. The maximum Gasteiger partial charge on any atom is 0.387 e. The van der Waals surface area contributed by atoms with Gasteiger partial charge in [0.2, 0.25) is 6.79 Å². The summed E-state index contributed by atoms with van der Waals surface area (Å²) in [6.45, 7) is 0.00635. The van der Waals surface area contributed by atoms with Gasteiger partial charge in [-0.25, -0.2) is 4.99 Å². The van der Waals surface area contributed by atoms with Crippen molar-refractivity contribution in [3.8, 4) is 17.2 Å². The third kappa shape index (κ3) is 5.88. The summed E-state index contributed by atoms with van der Waals surface area (Å²) in [5, 5.41) is 2.95. The van der Waals surface area contributed by atoms with Crippen molar-refractivity contribution in [1.82, 2.24) is 5.32 Å². The molecule has 0 unspecified atom stereocenters. The van der Waals surface area contributed by atoms with Crippen LogP contribution in [0.5, 0.6) is 17.2 Å². The number of fused-ring (bicyclic) bond motifs is 1. The highest BCUT2D eigenvalue weighted by Gasteiger charge is 2.19. The van der Waals surface area contributed by atoms with Crippen molar-refractivity contribution in [2.45, 2.75) is 32.9 Å². The number of hydrogen-bond donors (Lipinski definition) is 2. The monoisotopic (exact) mass is 443 g/mol. The van der Waals surface area contributed by atoms with Gasteiger partial charge in [0.1, 0.15) is 5.75 Å². The fraction of sp³-hybridized carbons (Fsp3) is 0.500. The van der Waals surface area contributed by atoms with Crippen LogP contribution in [-0.2, 0) is 6.54 Å². The molecule has 0 atom stereocenters. The van der Waals surface area contributed by atoms with Crippen LogP contribution in [-0.4, -0.2) is 25.9 Å². The van der Waals surface area contributed by atoms with Crippen molar-refractivity contribution in [3.05, 3.63) is 17.7 Å². The molecule has 0 aliphatic carbocycles. The Bertz CT molecular complexity index is 544. The van der Waals surface area contributed by atoms with Crippen LogP contribution < -0.4 is 25.3 Å². The predicted octanol–water partition coefficient (Wildman–Crippen LogP) is 2.84. The number of nitrogens with two attached hydrogens (primary N) is 1. The van der Waals surface area contributed by atoms with E-state index in [1.807, 2.05) is 0 Å². The number of nitrogens with zero attached hydrogens (tertiary/aromatic N) is 1. The van der Waals surface area contributed by atoms with Gasteiger partial charge in [0.25, 0.3) is 0 Å². The molecule has 23 heavy (non-hydrogen) atoms. The molecule has 1 aromatic carbocycles. The summed E-state index contributed by atoms with van der Waals surface area (Å²) in [5.74, 6) is 1.11. The molecule has 0 bridgehead atoms. The highest BCUT2D eigenvalue weighted by atomic mass is 127. The third-order valence-electron chi connectivity index (χ3n) is 3.03. The van der Waals surface area contributed by atoms with E-state index in [4.69, 9.17) is 15.2 Å². The minimum absolute atomic E-state index is 0. The second kappa shape index (κ2) is 9.58. The first-order valence-corrected chi connectivity index (χ1v) is 7.01. The smallest absolute Gasteiger partial charge is 0.387 e. The minimum Gasteiger partial charge on any atom is -0.454 e. The fourth-order valence-corrected chi connectivity index (χ4v) is 1.91. The van der Waals surface area contributed by atoms with E-state index in [0.29, 0.717) is 23.6 Å². The molecule has 0 saturated heterocycles. The van der Waals surface area contributed by atoms with Crippen LogP contribution in [0.3, 0.4) is 0 Å². The fourth-order valence-electron chi connectivity index (χ4n) is 1.91. The lowest BCUT2D eigenvalue weighted by atomic mass is 10.1. The Balaban J connectivity index is 0.00000264. The Kier molecular flexibility index (Phi) is 8.13. The van der Waals surface area contributed by atoms with Crippen molar-refractivity contribution in [1.29, 1.82) is 0 Å². The molecular formula is C14H20F2IN3O3. The number of hydrogen-bond acceptors (Lipinski definition) is 4. The molecular weight excluding hydrogens is 423 g/mol. The molecule has 0 aromatic heterocycles. The molecule has 0 radical (unpaired) electrons. The molecule has 2 rings (SSSR count). The highest BCUT2D eigenvalue weighted by molar-refractivity contribution is 14.0. The molecule has 1 aromatic rings. The molecule has 1 aliphatic rings. The summed E-state index contributed by atoms with van der Waals surface area (Å²) >= 11 is 0. The van der Waals surface area contributed by atoms with Gasteiger partial charge in [-0.1, -0.05) is 13.3 Å². The van der Waals surface area contributed by atoms with Crippen LogP contribution in [0.15, 0.2) is 17.1 Å². The molecule has 0 fully saturated rings. The average molecular weight is 443 g/mol. The average Bonchev–Trinajstić information content (AvgIpc) is 2.91. The largest absolute Gasteiger partial charge is 0.454 e. The van der Waals surface area contributed by atoms with Gasteiger partial charge in [0, 0.05) is 18.2 Å². The number of alkyl halides is 2. The van der Waals surface area contributed by atoms with Gasteiger partial charge >= 0.3 is 6.61 Å². The number of ether oxygens (including phenoxy) is 3. The predicted molar refractivity (Wildman–Crippen MR) is 92.8 cm³/mol. The lowest BCUT2D eigenvalue weighted by Gasteiger charge is -2.11. The second-order valence-corrected chi connectivity index (χ2v) is 4.67. The van der Waals surface area contributed by atoms with Crippen LogP contribution >= 0.6 is 24.0 Å². The molecule has 6 nitrogen and oxygen atoms in total. The Labute approximate surface area is 150 Å². The SMILES string of the molecule is CCCCNC(N)=NCc1cc2c(cc1OC(F)F)OCO2.I. The van der Waals surface area contributed by atoms with Crippen molar-refractivity contribution in [2.75, 3.05) is 13.3 Å². The lowest BCUT2D eigenvalue weighted by Crippen LogP contribution is -2.32. The van der Waals surface area contributed by atoms with Crippen LogP contribution in [0.4, 0.5) is 8.78 Å². The van der Waals surface area contributed by atoms with Crippen molar-refractivity contribution >= 4 is 29.9 Å². The molecule has 130 valence electrons. The summed E-state index contributed by atoms with van der Waals surface area (Å²) in [4.78, 5) is 4.12. The van der Waals surface area contributed by atoms with Gasteiger partial charge in [0.15, 0.2) is 17.5 Å². The maximum atomic E-state index is 12.5. The minimum atomic E-state index is -2.93. The first kappa shape index (κ1) is 19.5. The van der Waals surface area contributed by atoms with E-state index in [-0.39, 0.29) is 49.0 Å². The number of nitrogens with one attached hydrogen (secondary N) is 1. The van der Waals surface area contributed by atoms with Gasteiger partial charge in [-0.2, -0.15) is 8.78 Å². The van der Waals surface area contributed by atoms with Crippen molar-refractivity contribution in [2.24, 2.45) is 10.7 Å². The number of rotatable bonds is 7. The van der Waals surface area contributed by atoms with Crippen molar-refractivity contribution < 1.29 is 23.0 Å². The first-order valence-electron chi connectivity index (χ1n) is 7.01. The van der Waals surface area contributed by atoms with Gasteiger partial charge in [0.05, 0.1) is 6.54 Å². The third-order valence-corrected chi connectivity index (χ3v) is 3.03. The number of benzene rings is 1. The summed E-state index contributed by atoms with van der Waals surface area (Å²) in [7, 11) is 0. The normalized spacial score (nSPS) is 13.0. The topological polar surface area (TPSA) is 78.1 Å².